The molecule has 0 aromatic carbocycles. The van der Waals surface area contributed by atoms with Gasteiger partial charge in [-0.05, 0) is 47.0 Å². The van der Waals surface area contributed by atoms with Gasteiger partial charge in [-0.25, -0.2) is 4.57 Å². The second-order valence-corrected chi connectivity index (χ2v) is 8.79. The number of carbonyl (C=O) groups is 2. The van der Waals surface area contributed by atoms with E-state index in [2.05, 4.69) is 10.6 Å². The van der Waals surface area contributed by atoms with Crippen molar-refractivity contribution in [1.29, 1.82) is 0 Å². The van der Waals surface area contributed by atoms with E-state index < -0.39 is 13.9 Å². The molecular weight excluding hydrogens is 387 g/mol. The molecule has 0 saturated heterocycles. The minimum Gasteiger partial charge on any atom is -0.396 e. The Hall–Kier alpha value is -0.990. The predicted octanol–water partition coefficient (Wildman–Crippen LogP) is 2.12. The van der Waals surface area contributed by atoms with Gasteiger partial charge < -0.3 is 20.6 Å². The fourth-order valence-corrected chi connectivity index (χ4v) is 3.39. The third-order valence-electron chi connectivity index (χ3n) is 3.69. The van der Waals surface area contributed by atoms with Crippen molar-refractivity contribution >= 4 is 19.6 Å². The monoisotopic (exact) mass is 424 g/mol. The summed E-state index contributed by atoms with van der Waals surface area (Å²) in [5, 5.41) is 14.9. The topological polar surface area (TPSA) is 134 Å². The van der Waals surface area contributed by atoms with Crippen molar-refractivity contribution in [3.63, 3.8) is 0 Å². The molecule has 0 aliphatic rings. The Bertz CT molecular complexity index is 500. The highest BCUT2D eigenvalue weighted by atomic mass is 31.2. The summed E-state index contributed by atoms with van der Waals surface area (Å²) in [4.78, 5) is 32.7. The average molecular weight is 424 g/mol. The van der Waals surface area contributed by atoms with E-state index in [4.69, 9.17) is 9.05 Å². The fourth-order valence-electron chi connectivity index (χ4n) is 2.40. The van der Waals surface area contributed by atoms with Crippen molar-refractivity contribution in [2.45, 2.75) is 78.4 Å². The number of aliphatic hydroxyl groups is 1. The summed E-state index contributed by atoms with van der Waals surface area (Å²) in [6.07, 6.45) is 2.76. The molecule has 0 fully saturated rings. The van der Waals surface area contributed by atoms with E-state index in [9.17, 15) is 24.2 Å². The molecule has 0 aliphatic heterocycles. The maximum absolute atomic E-state index is 11.7. The highest BCUT2D eigenvalue weighted by Crippen LogP contribution is 2.44. The fraction of sp³-hybridized carbons (Fsp3) is 0.889. The number of hydrogen-bond donors (Lipinski definition) is 4. The second-order valence-electron chi connectivity index (χ2n) is 7.39. The molecule has 166 valence electrons. The van der Waals surface area contributed by atoms with Crippen molar-refractivity contribution in [1.82, 2.24) is 10.6 Å². The van der Waals surface area contributed by atoms with Gasteiger partial charge in [0.2, 0.25) is 11.8 Å². The van der Waals surface area contributed by atoms with Crippen molar-refractivity contribution in [2.24, 2.45) is 5.92 Å². The Morgan fingerprint density at radius 1 is 1.04 bits per heavy atom. The molecule has 0 heterocycles. The number of nitrogens with one attached hydrogen (secondary N) is 2. The largest absolute Gasteiger partial charge is 0.472 e. The van der Waals surface area contributed by atoms with E-state index in [1.54, 1.807) is 13.8 Å². The lowest BCUT2D eigenvalue weighted by atomic mass is 10.0. The third kappa shape index (κ3) is 16.0. The van der Waals surface area contributed by atoms with Crippen LogP contribution in [0.2, 0.25) is 0 Å². The molecule has 0 aliphatic carbocycles. The first-order valence-corrected chi connectivity index (χ1v) is 11.4. The molecular formula is C18H37N2O7P. The summed E-state index contributed by atoms with van der Waals surface area (Å²) in [6.45, 7) is 7.31. The summed E-state index contributed by atoms with van der Waals surface area (Å²) in [7, 11) is -4.10. The van der Waals surface area contributed by atoms with Crippen LogP contribution < -0.4 is 10.6 Å². The van der Waals surface area contributed by atoms with Crippen LogP contribution in [-0.2, 0) is 23.2 Å². The number of phosphoric acid groups is 1. The molecule has 2 atom stereocenters. The minimum atomic E-state index is -4.10. The Kier molecular flexibility index (Phi) is 14.4. The van der Waals surface area contributed by atoms with Crippen LogP contribution >= 0.6 is 7.82 Å². The molecule has 0 aromatic rings. The maximum Gasteiger partial charge on any atom is 0.472 e. The van der Waals surface area contributed by atoms with Crippen LogP contribution in [0.3, 0.4) is 0 Å². The van der Waals surface area contributed by atoms with Crippen LogP contribution in [0.1, 0.15) is 66.2 Å². The van der Waals surface area contributed by atoms with Crippen LogP contribution in [0.5, 0.6) is 0 Å². The predicted molar refractivity (Wildman–Crippen MR) is 107 cm³/mol. The molecule has 0 spiro atoms. The van der Waals surface area contributed by atoms with Gasteiger partial charge in [0.25, 0.3) is 0 Å². The van der Waals surface area contributed by atoms with Crippen molar-refractivity contribution in [3.05, 3.63) is 0 Å². The van der Waals surface area contributed by atoms with Gasteiger partial charge in [0.15, 0.2) is 0 Å². The van der Waals surface area contributed by atoms with E-state index in [0.717, 1.165) is 12.8 Å². The van der Waals surface area contributed by atoms with Gasteiger partial charge in [-0.2, -0.15) is 0 Å². The zero-order valence-corrected chi connectivity index (χ0v) is 18.4. The summed E-state index contributed by atoms with van der Waals surface area (Å²) in [5.41, 5.74) is 0. The number of aliphatic hydroxyl groups excluding tert-OH is 1. The first-order chi connectivity index (χ1) is 13.1. The molecule has 0 aromatic heterocycles. The van der Waals surface area contributed by atoms with Gasteiger partial charge in [0.05, 0.1) is 12.7 Å². The van der Waals surface area contributed by atoms with E-state index in [1.807, 2.05) is 13.8 Å². The van der Waals surface area contributed by atoms with Crippen LogP contribution in [-0.4, -0.2) is 53.7 Å². The molecule has 0 rings (SSSR count). The number of phosphoric ester groups is 1. The quantitative estimate of drug-likeness (QED) is 0.220. The number of hydrogen-bond acceptors (Lipinski definition) is 6. The van der Waals surface area contributed by atoms with Gasteiger partial charge in [0.1, 0.15) is 0 Å². The van der Waals surface area contributed by atoms with Gasteiger partial charge in [0, 0.05) is 38.0 Å². The molecule has 0 radical (unpaired) electrons. The number of amides is 2. The Morgan fingerprint density at radius 3 is 2.25 bits per heavy atom. The first-order valence-electron chi connectivity index (χ1n) is 9.88. The second kappa shape index (κ2) is 14.9. The summed E-state index contributed by atoms with van der Waals surface area (Å²) in [5.74, 6) is -0.413. The summed E-state index contributed by atoms with van der Waals surface area (Å²) >= 11 is 0. The van der Waals surface area contributed by atoms with E-state index in [1.165, 1.54) is 0 Å². The molecule has 9 nitrogen and oxygen atoms in total. The number of carbonyl (C=O) groups excluding carboxylic acids is 2. The Labute approximate surface area is 168 Å². The molecule has 28 heavy (non-hydrogen) atoms. The number of rotatable bonds is 16. The molecule has 0 saturated carbocycles. The zero-order chi connectivity index (χ0) is 21.6. The molecule has 10 heteroatoms. The van der Waals surface area contributed by atoms with Gasteiger partial charge in [-0.1, -0.05) is 6.42 Å². The van der Waals surface area contributed by atoms with E-state index in [-0.39, 0.29) is 37.0 Å². The SMILES string of the molecule is CC(C)NC(=O)CCCC(=O)NCCCCC(CO)COP(=O)(O)OC(C)C. The molecule has 2 unspecified atom stereocenters. The molecule has 4 N–H and O–H groups in total. The highest BCUT2D eigenvalue weighted by Gasteiger charge is 2.24. The zero-order valence-electron chi connectivity index (χ0n) is 17.5. The van der Waals surface area contributed by atoms with Crippen molar-refractivity contribution in [3.8, 4) is 0 Å². The third-order valence-corrected chi connectivity index (χ3v) is 4.86. The standard InChI is InChI=1S/C18H37N2O7P/c1-14(2)20-18(23)10-7-9-17(22)19-11-6-5-8-16(12-21)13-26-28(24,25)27-15(3)4/h14-16,21H,5-13H2,1-4H3,(H,19,22)(H,20,23)(H,24,25). The smallest absolute Gasteiger partial charge is 0.396 e. The van der Waals surface area contributed by atoms with Gasteiger partial charge >= 0.3 is 7.82 Å². The van der Waals surface area contributed by atoms with Gasteiger partial charge in [-0.3, -0.25) is 18.6 Å². The van der Waals surface area contributed by atoms with Crippen molar-refractivity contribution in [2.75, 3.05) is 19.8 Å². The lowest BCUT2D eigenvalue weighted by Gasteiger charge is -2.18. The first kappa shape index (κ1) is 27.0. The Morgan fingerprint density at radius 2 is 1.68 bits per heavy atom. The van der Waals surface area contributed by atoms with Crippen LogP contribution in [0.4, 0.5) is 0 Å². The van der Waals surface area contributed by atoms with Crippen LogP contribution in [0.15, 0.2) is 0 Å². The van der Waals surface area contributed by atoms with Crippen LogP contribution in [0, 0.1) is 5.92 Å². The molecule has 0 bridgehead atoms. The Balaban J connectivity index is 3.82. The van der Waals surface area contributed by atoms with Crippen LogP contribution in [0.25, 0.3) is 0 Å². The van der Waals surface area contributed by atoms with E-state index >= 15 is 0 Å². The van der Waals surface area contributed by atoms with Gasteiger partial charge in [-0.15, -0.1) is 0 Å². The summed E-state index contributed by atoms with van der Waals surface area (Å²) < 4.78 is 21.3. The number of unbranched alkanes of at least 4 members (excludes halogenated alkanes) is 1. The lowest BCUT2D eigenvalue weighted by molar-refractivity contribution is -0.122. The van der Waals surface area contributed by atoms with Crippen molar-refractivity contribution < 1.29 is 33.2 Å². The normalized spacial score (nSPS) is 14.7. The maximum atomic E-state index is 11.7. The minimum absolute atomic E-state index is 0.0497. The summed E-state index contributed by atoms with van der Waals surface area (Å²) in [6, 6.07) is 0.0986. The highest BCUT2D eigenvalue weighted by molar-refractivity contribution is 7.47. The van der Waals surface area contributed by atoms with E-state index in [0.29, 0.717) is 32.2 Å². The lowest BCUT2D eigenvalue weighted by Crippen LogP contribution is -2.30. The average Bonchev–Trinajstić information content (AvgIpc) is 2.55. The molecule has 2 amide bonds.